The van der Waals surface area contributed by atoms with Crippen LogP contribution in [0.4, 0.5) is 4.79 Å². The quantitative estimate of drug-likeness (QED) is 0.0520. The van der Waals surface area contributed by atoms with Crippen LogP contribution in [0.1, 0.15) is 28.7 Å². The Kier molecular flexibility index (Phi) is 13.7. The average Bonchev–Trinajstić information content (AvgIpc) is 3.59. The number of hydrogen-bond acceptors (Lipinski definition) is 7. The maximum atomic E-state index is 14.1. The highest BCUT2D eigenvalue weighted by Crippen LogP contribution is 2.21. The Morgan fingerprint density at radius 2 is 1.16 bits per heavy atom. The number of carbonyl (C=O) groups excluding carboxylic acids is 5. The number of benzene rings is 4. The highest BCUT2D eigenvalue weighted by Gasteiger charge is 2.33. The van der Waals surface area contributed by atoms with E-state index in [1.807, 2.05) is 24.3 Å². The van der Waals surface area contributed by atoms with Crippen LogP contribution >= 0.6 is 0 Å². The predicted octanol–water partition coefficient (Wildman–Crippen LogP) is 3.11. The molecule has 8 N–H and O–H groups in total. The number of ether oxygens (including phenoxy) is 1. The fraction of sp³-hybridized carbons (Fsp3) is 0.220. The van der Waals surface area contributed by atoms with Crippen molar-refractivity contribution in [2.45, 2.75) is 50.5 Å². The molecule has 4 unspecified atom stereocenters. The van der Waals surface area contributed by atoms with E-state index in [1.54, 1.807) is 97.2 Å². The van der Waals surface area contributed by atoms with E-state index in [1.165, 1.54) is 0 Å². The number of nitrogens with one attached hydrogen (secondary N) is 5. The van der Waals surface area contributed by atoms with Crippen LogP contribution in [0.25, 0.3) is 10.9 Å². The molecule has 55 heavy (non-hydrogen) atoms. The summed E-state index contributed by atoms with van der Waals surface area (Å²) in [6.07, 6.45) is -1.10. The number of carbonyl (C=O) groups is 6. The number of hydrogen-bond donors (Lipinski definition) is 7. The number of aromatic amines is 1. The van der Waals surface area contributed by atoms with Crippen LogP contribution in [0.5, 0.6) is 0 Å². The molecule has 0 aliphatic heterocycles. The van der Waals surface area contributed by atoms with Crippen molar-refractivity contribution in [1.29, 1.82) is 0 Å². The molecular formula is C41H42N6O8. The van der Waals surface area contributed by atoms with Crippen molar-refractivity contribution < 1.29 is 38.6 Å². The first kappa shape index (κ1) is 39.3. The van der Waals surface area contributed by atoms with Crippen molar-refractivity contribution in [3.05, 3.63) is 144 Å². The van der Waals surface area contributed by atoms with Gasteiger partial charge in [0.15, 0.2) is 0 Å². The van der Waals surface area contributed by atoms with Gasteiger partial charge in [-0.1, -0.05) is 109 Å². The fourth-order valence-corrected chi connectivity index (χ4v) is 5.99. The molecular weight excluding hydrogens is 704 g/mol. The van der Waals surface area contributed by atoms with Gasteiger partial charge < -0.3 is 41.8 Å². The smallest absolute Gasteiger partial charge is 0.408 e. The van der Waals surface area contributed by atoms with Gasteiger partial charge in [0.05, 0.1) is 6.42 Å². The number of amides is 5. The SMILES string of the molecule is NC(=O)CC(NC(=O)OCc1ccccc1)C(=O)NC(Cc1ccccc1)C(=O)NC(Cc1ccccc1)NC(=O)C(Cc1c[nH]c2ccccc12)C(=O)O. The lowest BCUT2D eigenvalue weighted by atomic mass is 9.97. The lowest BCUT2D eigenvalue weighted by molar-refractivity contribution is -0.147. The molecule has 0 fully saturated rings. The van der Waals surface area contributed by atoms with Crippen molar-refractivity contribution in [1.82, 2.24) is 26.3 Å². The van der Waals surface area contributed by atoms with Crippen LogP contribution in [0.2, 0.25) is 0 Å². The Balaban J connectivity index is 1.34. The molecule has 284 valence electrons. The number of aliphatic carboxylic acids is 1. The maximum Gasteiger partial charge on any atom is 0.408 e. The molecule has 0 bridgehead atoms. The third-order valence-electron chi connectivity index (χ3n) is 8.77. The summed E-state index contributed by atoms with van der Waals surface area (Å²) in [7, 11) is 0. The maximum absolute atomic E-state index is 14.1. The molecule has 14 nitrogen and oxygen atoms in total. The zero-order valence-corrected chi connectivity index (χ0v) is 29.8. The molecule has 14 heteroatoms. The minimum atomic E-state index is -1.50. The number of aromatic nitrogens is 1. The third-order valence-corrected chi connectivity index (χ3v) is 8.77. The summed E-state index contributed by atoms with van der Waals surface area (Å²) in [4.78, 5) is 81.6. The number of nitrogens with two attached hydrogens (primary N) is 1. The molecule has 5 amide bonds. The monoisotopic (exact) mass is 746 g/mol. The molecule has 5 aromatic rings. The number of fused-ring (bicyclic) bond motifs is 1. The lowest BCUT2D eigenvalue weighted by Gasteiger charge is -2.27. The lowest BCUT2D eigenvalue weighted by Crippen LogP contribution is -2.59. The molecule has 4 aromatic carbocycles. The molecule has 0 saturated heterocycles. The Bertz CT molecular complexity index is 2090. The largest absolute Gasteiger partial charge is 0.481 e. The van der Waals surface area contributed by atoms with E-state index in [9.17, 15) is 33.9 Å². The van der Waals surface area contributed by atoms with E-state index in [0.29, 0.717) is 16.7 Å². The molecule has 1 heterocycles. The van der Waals surface area contributed by atoms with Gasteiger partial charge in [0, 0.05) is 29.9 Å². The standard InChI is InChI=1S/C41H42N6O8/c42-35(48)23-34(45-41(54)55-25-28-16-8-3-9-17-28)38(50)44-33(20-26-12-4-1-5-13-26)39(51)47-36(21-27-14-6-2-7-15-27)46-37(49)31(40(52)53)22-29-24-43-32-19-11-10-18-30(29)32/h1-19,24,31,33-34,36,43H,20-23,25H2,(H2,42,48)(H,44,50)(H,45,54)(H,46,49)(H,47,51)(H,52,53). The van der Waals surface area contributed by atoms with E-state index in [2.05, 4.69) is 26.3 Å². The average molecular weight is 747 g/mol. The van der Waals surface area contributed by atoms with E-state index in [-0.39, 0.29) is 25.9 Å². The summed E-state index contributed by atoms with van der Waals surface area (Å²) < 4.78 is 5.23. The molecule has 0 aliphatic carbocycles. The highest BCUT2D eigenvalue weighted by molar-refractivity contribution is 5.98. The van der Waals surface area contributed by atoms with Crippen LogP contribution in [-0.2, 0) is 54.6 Å². The van der Waals surface area contributed by atoms with Gasteiger partial charge in [-0.05, 0) is 34.7 Å². The van der Waals surface area contributed by atoms with Crippen LogP contribution in [0.3, 0.4) is 0 Å². The van der Waals surface area contributed by atoms with Crippen LogP contribution in [0, 0.1) is 5.92 Å². The van der Waals surface area contributed by atoms with Crippen LogP contribution in [-0.4, -0.2) is 64.0 Å². The van der Waals surface area contributed by atoms with Crippen molar-refractivity contribution in [2.75, 3.05) is 0 Å². The number of rotatable bonds is 18. The minimum absolute atomic E-state index is 0.0233. The van der Waals surface area contributed by atoms with E-state index >= 15 is 0 Å². The Hall–Kier alpha value is -6.96. The molecule has 5 rings (SSSR count). The summed E-state index contributed by atoms with van der Waals surface area (Å²) in [6, 6.07) is 31.1. The van der Waals surface area contributed by atoms with Gasteiger partial charge in [0.25, 0.3) is 0 Å². The Morgan fingerprint density at radius 1 is 0.618 bits per heavy atom. The predicted molar refractivity (Wildman–Crippen MR) is 203 cm³/mol. The highest BCUT2D eigenvalue weighted by atomic mass is 16.5. The van der Waals surface area contributed by atoms with Gasteiger partial charge in [0.2, 0.25) is 23.6 Å². The molecule has 0 spiro atoms. The van der Waals surface area contributed by atoms with Gasteiger partial charge >= 0.3 is 12.1 Å². The molecule has 0 radical (unpaired) electrons. The normalized spacial score (nSPS) is 13.0. The van der Waals surface area contributed by atoms with Crippen molar-refractivity contribution in [2.24, 2.45) is 11.7 Å². The second kappa shape index (κ2) is 19.2. The Labute approximate surface area is 316 Å². The summed E-state index contributed by atoms with van der Waals surface area (Å²) in [5.74, 6) is -6.19. The Morgan fingerprint density at radius 3 is 1.78 bits per heavy atom. The summed E-state index contributed by atoms with van der Waals surface area (Å²) >= 11 is 0. The van der Waals surface area contributed by atoms with Gasteiger partial charge in [-0.15, -0.1) is 0 Å². The van der Waals surface area contributed by atoms with Crippen molar-refractivity contribution in [3.63, 3.8) is 0 Å². The van der Waals surface area contributed by atoms with Crippen molar-refractivity contribution >= 4 is 46.6 Å². The van der Waals surface area contributed by atoms with Crippen LogP contribution in [0.15, 0.2) is 121 Å². The summed E-state index contributed by atoms with van der Waals surface area (Å²) in [5.41, 5.74) is 8.92. The fourth-order valence-electron chi connectivity index (χ4n) is 5.99. The summed E-state index contributed by atoms with van der Waals surface area (Å²) in [5, 5.41) is 21.4. The zero-order valence-electron chi connectivity index (χ0n) is 29.8. The van der Waals surface area contributed by atoms with Gasteiger partial charge in [-0.25, -0.2) is 4.79 Å². The number of carboxylic acid groups (broad SMARTS) is 1. The number of para-hydroxylation sites is 1. The first-order valence-electron chi connectivity index (χ1n) is 17.6. The van der Waals surface area contributed by atoms with Crippen molar-refractivity contribution in [3.8, 4) is 0 Å². The van der Waals surface area contributed by atoms with Gasteiger partial charge in [-0.3, -0.25) is 24.0 Å². The van der Waals surface area contributed by atoms with Gasteiger partial charge in [-0.2, -0.15) is 0 Å². The summed E-state index contributed by atoms with van der Waals surface area (Å²) in [6.45, 7) is -0.102. The first-order chi connectivity index (χ1) is 26.5. The van der Waals surface area contributed by atoms with E-state index in [4.69, 9.17) is 10.5 Å². The molecule has 0 aliphatic rings. The number of primary amides is 1. The van der Waals surface area contributed by atoms with Crippen LogP contribution < -0.4 is 27.0 Å². The molecule has 1 aromatic heterocycles. The first-order valence-corrected chi connectivity index (χ1v) is 17.6. The van der Waals surface area contributed by atoms with Gasteiger partial charge in [0.1, 0.15) is 30.8 Å². The topological polar surface area (TPSA) is 222 Å². The second-order valence-electron chi connectivity index (χ2n) is 12.9. The zero-order chi connectivity index (χ0) is 39.2. The minimum Gasteiger partial charge on any atom is -0.481 e. The van der Waals surface area contributed by atoms with E-state index in [0.717, 1.165) is 16.5 Å². The molecule has 0 saturated carbocycles. The van der Waals surface area contributed by atoms with E-state index < -0.39 is 66.3 Å². The number of H-pyrrole nitrogens is 1. The molecule has 4 atom stereocenters. The third kappa shape index (κ3) is 11.8. The number of alkyl carbamates (subject to hydrolysis) is 1. The second-order valence-corrected chi connectivity index (χ2v) is 12.9. The number of carboxylic acids is 1.